The molecule has 0 aromatic heterocycles. The van der Waals surface area contributed by atoms with Gasteiger partial charge in [-0.3, -0.25) is 0 Å². The Morgan fingerprint density at radius 3 is 2.54 bits per heavy atom. The smallest absolute Gasteiger partial charge is 0.157 e. The number of hydrogen-bond acceptors (Lipinski definition) is 7. The molecule has 0 bridgehead atoms. The fourth-order valence-corrected chi connectivity index (χ4v) is 1.35. The van der Waals surface area contributed by atoms with Crippen LogP contribution in [0.3, 0.4) is 0 Å². The van der Waals surface area contributed by atoms with Crippen LogP contribution in [0, 0.1) is 0 Å². The molecule has 2 N–H and O–H groups in total. The van der Waals surface area contributed by atoms with E-state index in [0.717, 1.165) is 0 Å². The standard InChI is InChI=1S/C5H11O7P/c6-3-1-5(7)12-4(3)2-11-13(8,9)10/h3-7H,1-2H2,(H2,8,9,10)/p-2/t3-,4+,5-/m0/s1. The number of hydrogen-bond donors (Lipinski definition) is 2. The minimum absolute atomic E-state index is 0.0178. The molecule has 8 heteroatoms. The first-order valence-corrected chi connectivity index (χ1v) is 5.03. The summed E-state index contributed by atoms with van der Waals surface area (Å²) in [6, 6.07) is 0. The summed E-state index contributed by atoms with van der Waals surface area (Å²) in [5.74, 6) is 0. The van der Waals surface area contributed by atoms with E-state index in [9.17, 15) is 14.4 Å². The minimum atomic E-state index is -5.04. The molecule has 1 heterocycles. The van der Waals surface area contributed by atoms with Crippen LogP contribution in [-0.2, 0) is 13.8 Å². The van der Waals surface area contributed by atoms with Crippen LogP contribution in [0.15, 0.2) is 0 Å². The van der Waals surface area contributed by atoms with E-state index in [2.05, 4.69) is 9.26 Å². The first kappa shape index (κ1) is 11.1. The van der Waals surface area contributed by atoms with E-state index in [-0.39, 0.29) is 6.42 Å². The van der Waals surface area contributed by atoms with Gasteiger partial charge in [-0.05, 0) is 0 Å². The highest BCUT2D eigenvalue weighted by atomic mass is 31.2. The molecule has 78 valence electrons. The van der Waals surface area contributed by atoms with Crippen molar-refractivity contribution in [2.24, 2.45) is 0 Å². The van der Waals surface area contributed by atoms with Gasteiger partial charge in [-0.2, -0.15) is 0 Å². The number of aliphatic hydroxyl groups is 2. The topological polar surface area (TPSA) is 122 Å². The molecular weight excluding hydrogens is 203 g/mol. The van der Waals surface area contributed by atoms with Crippen LogP contribution in [0.25, 0.3) is 0 Å². The largest absolute Gasteiger partial charge is 0.790 e. The normalized spacial score (nSPS) is 35.2. The second-order valence-corrected chi connectivity index (χ2v) is 3.83. The van der Waals surface area contributed by atoms with Crippen molar-refractivity contribution < 1.29 is 33.8 Å². The van der Waals surface area contributed by atoms with Crippen molar-refractivity contribution in [3.05, 3.63) is 0 Å². The molecule has 0 aromatic rings. The number of phosphoric ester groups is 1. The molecule has 1 aliphatic heterocycles. The van der Waals surface area contributed by atoms with Gasteiger partial charge in [0.05, 0.1) is 20.5 Å². The molecule has 0 aliphatic carbocycles. The first-order chi connectivity index (χ1) is 5.88. The van der Waals surface area contributed by atoms with Crippen LogP contribution in [-0.4, -0.2) is 35.3 Å². The third kappa shape index (κ3) is 3.70. The summed E-state index contributed by atoms with van der Waals surface area (Å²) in [5.41, 5.74) is 0. The molecule has 0 radical (unpaired) electrons. The summed E-state index contributed by atoms with van der Waals surface area (Å²) in [5, 5.41) is 17.9. The predicted octanol–water partition coefficient (Wildman–Crippen LogP) is -2.70. The molecule has 0 spiro atoms. The lowest BCUT2D eigenvalue weighted by atomic mass is 10.2. The van der Waals surface area contributed by atoms with Crippen molar-refractivity contribution in [2.45, 2.75) is 24.9 Å². The molecular formula is C5H9O7P-2. The van der Waals surface area contributed by atoms with Gasteiger partial charge in [-0.15, -0.1) is 0 Å². The number of phosphoric acid groups is 1. The molecule has 0 saturated carbocycles. The van der Waals surface area contributed by atoms with E-state index in [1.807, 2.05) is 0 Å². The van der Waals surface area contributed by atoms with Gasteiger partial charge in [0.1, 0.15) is 6.10 Å². The van der Waals surface area contributed by atoms with Gasteiger partial charge in [-0.25, -0.2) is 0 Å². The number of ether oxygens (including phenoxy) is 1. The van der Waals surface area contributed by atoms with Crippen LogP contribution in [0.2, 0.25) is 0 Å². The van der Waals surface area contributed by atoms with Crippen molar-refractivity contribution >= 4 is 7.82 Å². The van der Waals surface area contributed by atoms with E-state index in [0.29, 0.717) is 0 Å². The molecule has 3 atom stereocenters. The van der Waals surface area contributed by atoms with Crippen molar-refractivity contribution in [3.63, 3.8) is 0 Å². The second kappa shape index (κ2) is 4.02. The van der Waals surface area contributed by atoms with Crippen molar-refractivity contribution in [1.82, 2.24) is 0 Å². The van der Waals surface area contributed by atoms with Gasteiger partial charge in [-0.1, -0.05) is 0 Å². The summed E-state index contributed by atoms with van der Waals surface area (Å²) in [6.45, 7) is -0.567. The van der Waals surface area contributed by atoms with Crippen molar-refractivity contribution in [1.29, 1.82) is 0 Å². The van der Waals surface area contributed by atoms with Gasteiger partial charge in [0, 0.05) is 6.42 Å². The fraction of sp³-hybridized carbons (Fsp3) is 1.00. The predicted molar refractivity (Wildman–Crippen MR) is 35.1 cm³/mol. The molecule has 13 heavy (non-hydrogen) atoms. The SMILES string of the molecule is O=P([O-])([O-])OC[C@H]1O[C@H](O)C[C@@H]1O. The zero-order chi connectivity index (χ0) is 10.1. The quantitative estimate of drug-likeness (QED) is 0.488. The molecule has 1 fully saturated rings. The Morgan fingerprint density at radius 1 is 1.54 bits per heavy atom. The zero-order valence-electron chi connectivity index (χ0n) is 6.53. The Balaban J connectivity index is 2.34. The second-order valence-electron chi connectivity index (χ2n) is 2.68. The number of aliphatic hydroxyl groups excluding tert-OH is 2. The maximum absolute atomic E-state index is 10.0. The molecule has 0 amide bonds. The summed E-state index contributed by atoms with van der Waals surface area (Å²) >= 11 is 0. The van der Waals surface area contributed by atoms with Crippen LogP contribution >= 0.6 is 7.82 Å². The van der Waals surface area contributed by atoms with Crippen LogP contribution in [0.1, 0.15) is 6.42 Å². The third-order valence-corrected chi connectivity index (χ3v) is 2.07. The van der Waals surface area contributed by atoms with E-state index < -0.39 is 32.9 Å². The lowest BCUT2D eigenvalue weighted by molar-refractivity contribution is -0.343. The van der Waals surface area contributed by atoms with Crippen LogP contribution < -0.4 is 9.79 Å². The van der Waals surface area contributed by atoms with Gasteiger partial charge in [0.15, 0.2) is 6.29 Å². The van der Waals surface area contributed by atoms with Gasteiger partial charge in [0.25, 0.3) is 0 Å². The summed E-state index contributed by atoms with van der Waals surface area (Å²) in [7, 11) is -5.04. The van der Waals surface area contributed by atoms with Gasteiger partial charge >= 0.3 is 0 Å². The summed E-state index contributed by atoms with van der Waals surface area (Å²) < 4.78 is 18.6. The lowest BCUT2D eigenvalue weighted by Crippen LogP contribution is -2.29. The highest BCUT2D eigenvalue weighted by Crippen LogP contribution is 2.27. The maximum Gasteiger partial charge on any atom is 0.157 e. The lowest BCUT2D eigenvalue weighted by Gasteiger charge is -2.30. The van der Waals surface area contributed by atoms with Crippen LogP contribution in [0.4, 0.5) is 0 Å². The van der Waals surface area contributed by atoms with Gasteiger partial charge < -0.3 is 33.8 Å². The number of rotatable bonds is 3. The molecule has 0 unspecified atom stereocenters. The monoisotopic (exact) mass is 212 g/mol. The Kier molecular flexibility index (Phi) is 3.42. The Labute approximate surface area is 74.1 Å². The highest BCUT2D eigenvalue weighted by molar-refractivity contribution is 7.43. The van der Waals surface area contributed by atoms with E-state index in [4.69, 9.17) is 10.2 Å². The maximum atomic E-state index is 10.0. The third-order valence-electron chi connectivity index (χ3n) is 1.60. The molecule has 1 aliphatic rings. The van der Waals surface area contributed by atoms with Gasteiger partial charge in [0.2, 0.25) is 0 Å². The molecule has 1 rings (SSSR count). The Bertz CT molecular complexity index is 213. The minimum Gasteiger partial charge on any atom is -0.790 e. The fourth-order valence-electron chi connectivity index (χ4n) is 1.02. The summed E-state index contributed by atoms with van der Waals surface area (Å²) in [6.07, 6.45) is -3.13. The van der Waals surface area contributed by atoms with E-state index >= 15 is 0 Å². The van der Waals surface area contributed by atoms with E-state index in [1.165, 1.54) is 0 Å². The molecule has 1 saturated heterocycles. The Morgan fingerprint density at radius 2 is 2.15 bits per heavy atom. The van der Waals surface area contributed by atoms with Crippen molar-refractivity contribution in [2.75, 3.05) is 6.61 Å². The van der Waals surface area contributed by atoms with Crippen LogP contribution in [0.5, 0.6) is 0 Å². The first-order valence-electron chi connectivity index (χ1n) is 3.56. The molecule has 7 nitrogen and oxygen atoms in total. The average molecular weight is 212 g/mol. The summed E-state index contributed by atoms with van der Waals surface area (Å²) in [4.78, 5) is 20.1. The molecule has 0 aromatic carbocycles. The highest BCUT2D eigenvalue weighted by Gasteiger charge is 2.32. The zero-order valence-corrected chi connectivity index (χ0v) is 7.42. The Hall–Kier alpha value is -0.0100. The van der Waals surface area contributed by atoms with Crippen molar-refractivity contribution in [3.8, 4) is 0 Å². The van der Waals surface area contributed by atoms with E-state index in [1.54, 1.807) is 0 Å². The average Bonchev–Trinajstić information content (AvgIpc) is 2.24.